The Bertz CT molecular complexity index is 1160. The number of halogens is 1. The van der Waals surface area contributed by atoms with E-state index in [4.69, 9.17) is 4.74 Å². The number of carbonyl (C=O) groups excluding carboxylic acids is 1. The van der Waals surface area contributed by atoms with Crippen LogP contribution < -0.4 is 10.6 Å². The van der Waals surface area contributed by atoms with E-state index < -0.39 is 0 Å². The number of likely N-dealkylation sites (N-methyl/N-ethyl adjacent to an activating group) is 1. The molecule has 1 amide bonds. The summed E-state index contributed by atoms with van der Waals surface area (Å²) in [5.41, 5.74) is 1.13. The predicted molar refractivity (Wildman–Crippen MR) is 153 cm³/mol. The van der Waals surface area contributed by atoms with Gasteiger partial charge in [-0.15, -0.1) is 11.8 Å². The fourth-order valence-corrected chi connectivity index (χ4v) is 9.30. The zero-order valence-corrected chi connectivity index (χ0v) is 24.2. The number of hydrogen-bond acceptors (Lipinski definition) is 8. The van der Waals surface area contributed by atoms with Crippen LogP contribution in [-0.2, 0) is 16.0 Å². The minimum absolute atomic E-state index is 0.00474. The lowest BCUT2D eigenvalue weighted by atomic mass is 9.73. The first-order valence-corrected chi connectivity index (χ1v) is 15.6. The highest BCUT2D eigenvalue weighted by molar-refractivity contribution is 8.01. The van der Waals surface area contributed by atoms with Gasteiger partial charge in [0.1, 0.15) is 5.82 Å². The second-order valence-corrected chi connectivity index (χ2v) is 13.7. The van der Waals surface area contributed by atoms with E-state index in [0.29, 0.717) is 38.1 Å². The highest BCUT2D eigenvalue weighted by atomic mass is 32.2. The molecule has 1 spiro atoms. The van der Waals surface area contributed by atoms with Gasteiger partial charge in [0, 0.05) is 47.3 Å². The molecule has 0 bridgehead atoms. The highest BCUT2D eigenvalue weighted by Gasteiger charge is 2.51. The van der Waals surface area contributed by atoms with E-state index in [1.165, 1.54) is 12.5 Å². The number of benzene rings is 1. The van der Waals surface area contributed by atoms with E-state index in [2.05, 4.69) is 46.2 Å². The number of ether oxygens (including phenoxy) is 1. The number of thioether (sulfide) groups is 1. The Kier molecular flexibility index (Phi) is 8.23. The van der Waals surface area contributed by atoms with E-state index in [1.54, 1.807) is 22.7 Å². The van der Waals surface area contributed by atoms with Crippen molar-refractivity contribution in [2.24, 2.45) is 5.92 Å². The second kappa shape index (κ2) is 11.7. The lowest BCUT2D eigenvalue weighted by Gasteiger charge is -2.55. The van der Waals surface area contributed by atoms with Crippen LogP contribution in [0.4, 0.5) is 4.39 Å². The monoisotopic (exact) mass is 568 g/mol. The van der Waals surface area contributed by atoms with Crippen molar-refractivity contribution in [1.82, 2.24) is 25.3 Å². The van der Waals surface area contributed by atoms with Crippen LogP contribution in [0, 0.1) is 23.1 Å². The van der Waals surface area contributed by atoms with Crippen molar-refractivity contribution in [3.05, 3.63) is 42.2 Å². The Hall–Kier alpha value is -2.00. The van der Waals surface area contributed by atoms with Crippen LogP contribution in [0.2, 0.25) is 0 Å². The molecule has 3 saturated heterocycles. The Morgan fingerprint density at radius 1 is 1.30 bits per heavy atom. The quantitative estimate of drug-likeness (QED) is 0.507. The van der Waals surface area contributed by atoms with Crippen molar-refractivity contribution in [3.8, 4) is 6.07 Å². The number of amides is 1. The van der Waals surface area contributed by atoms with Gasteiger partial charge in [0.2, 0.25) is 5.91 Å². The third-order valence-electron chi connectivity index (χ3n) is 9.83. The van der Waals surface area contributed by atoms with Crippen LogP contribution in [0.25, 0.3) is 0 Å². The number of carbonyl (C=O) groups is 1. The molecule has 1 aliphatic carbocycles. The highest BCUT2D eigenvalue weighted by Crippen LogP contribution is 2.55. The fraction of sp³-hybridized carbons (Fsp3) is 0.667. The van der Waals surface area contributed by atoms with Gasteiger partial charge in [-0.2, -0.15) is 5.26 Å². The molecule has 4 heterocycles. The van der Waals surface area contributed by atoms with Crippen molar-refractivity contribution in [3.63, 3.8) is 0 Å². The Morgan fingerprint density at radius 2 is 2.17 bits per heavy atom. The fourth-order valence-electron chi connectivity index (χ4n) is 7.72. The number of rotatable bonds is 6. The number of hydrogen-bond donors (Lipinski definition) is 2. The summed E-state index contributed by atoms with van der Waals surface area (Å²) in [6, 6.07) is 8.25. The van der Waals surface area contributed by atoms with E-state index in [-0.39, 0.29) is 41.1 Å². The predicted octanol–water partition coefficient (Wildman–Crippen LogP) is 2.91. The molecule has 4 fully saturated rings. The van der Waals surface area contributed by atoms with Gasteiger partial charge >= 0.3 is 0 Å². The molecule has 0 radical (unpaired) electrons. The number of nitrogens with zero attached hydrogens (tertiary/aromatic N) is 4. The molecule has 0 aromatic heterocycles. The normalized spacial score (nSPS) is 36.3. The molecule has 40 heavy (non-hydrogen) atoms. The van der Waals surface area contributed by atoms with Crippen molar-refractivity contribution in [2.75, 3.05) is 39.8 Å². The number of piperazine rings is 1. The maximum absolute atomic E-state index is 14.7. The molecule has 6 unspecified atom stereocenters. The van der Waals surface area contributed by atoms with Crippen LogP contribution in [0.1, 0.15) is 44.1 Å². The van der Waals surface area contributed by atoms with Gasteiger partial charge in [0.15, 0.2) is 6.35 Å². The number of likely N-dealkylation sites (tertiary alicyclic amines) is 1. The van der Waals surface area contributed by atoms with Gasteiger partial charge in [-0.1, -0.05) is 18.7 Å². The molecule has 7 atom stereocenters. The molecular weight excluding hydrogens is 527 g/mol. The average Bonchev–Trinajstić information content (AvgIpc) is 3.54. The molecule has 1 aromatic carbocycles. The largest absolute Gasteiger partial charge is 0.348 e. The molecular formula is C30H41FN6O2S. The summed E-state index contributed by atoms with van der Waals surface area (Å²) in [4.78, 5) is 19.9. The van der Waals surface area contributed by atoms with Crippen LogP contribution in [-0.4, -0.2) is 95.8 Å². The van der Waals surface area contributed by atoms with Crippen LogP contribution in [0.3, 0.4) is 0 Å². The van der Waals surface area contributed by atoms with Gasteiger partial charge in [-0.25, -0.2) is 4.39 Å². The van der Waals surface area contributed by atoms with E-state index in [0.717, 1.165) is 55.7 Å². The molecule has 6 rings (SSSR count). The lowest BCUT2D eigenvalue weighted by Crippen LogP contribution is -2.72. The summed E-state index contributed by atoms with van der Waals surface area (Å²) in [6.07, 6.45) is 7.69. The molecule has 5 aliphatic rings. The average molecular weight is 569 g/mol. The van der Waals surface area contributed by atoms with Crippen molar-refractivity contribution < 1.29 is 13.9 Å². The zero-order chi connectivity index (χ0) is 27.9. The number of fused-ring (bicyclic) bond motifs is 2. The number of nitrogens with one attached hydrogen (secondary N) is 2. The molecule has 2 N–H and O–H groups in total. The first-order chi connectivity index (χ1) is 19.4. The van der Waals surface area contributed by atoms with Crippen LogP contribution >= 0.6 is 11.8 Å². The van der Waals surface area contributed by atoms with E-state index in [1.807, 2.05) is 6.07 Å². The lowest BCUT2D eigenvalue weighted by molar-refractivity contribution is -0.135. The van der Waals surface area contributed by atoms with E-state index >= 15 is 0 Å². The summed E-state index contributed by atoms with van der Waals surface area (Å²) >= 11 is 1.74. The van der Waals surface area contributed by atoms with E-state index in [9.17, 15) is 14.4 Å². The molecule has 4 aliphatic heterocycles. The van der Waals surface area contributed by atoms with Gasteiger partial charge < -0.3 is 14.5 Å². The standard InChI is InChI=1S/C30H41FN6O2S/c1-3-26(38)37-15-14-36(18-21(37)10-12-32)28-23-9-11-30(16-20-6-4-8-24(31)27(20)40-30)17-25(23)33-29(34-28)39-19-22-7-5-13-35(22)2/h3-4,6,8,21-23,25,28-29,33-34H,1,5,7,9-11,13-19H2,2H3/t21?,22?,23?,25?,28?,29?,30-/m1/s1. The third kappa shape index (κ3) is 5.44. The molecule has 1 aromatic rings. The Balaban J connectivity index is 1.21. The first kappa shape index (κ1) is 28.1. The summed E-state index contributed by atoms with van der Waals surface area (Å²) in [6.45, 7) is 7.39. The van der Waals surface area contributed by atoms with Crippen molar-refractivity contribution in [1.29, 1.82) is 5.26 Å². The topological polar surface area (TPSA) is 83.9 Å². The SMILES string of the molecule is C=CC(=O)N1CCN(C2NC(OCC3CCCN3C)NC3C[C@@]4(CCC32)Cc2cccc(F)c2S4)CC1CC#N. The molecule has 216 valence electrons. The van der Waals surface area contributed by atoms with Crippen molar-refractivity contribution in [2.45, 2.75) is 85.2 Å². The molecule has 1 saturated carbocycles. The molecule has 8 nitrogen and oxygen atoms in total. The van der Waals surface area contributed by atoms with Gasteiger partial charge in [-0.3, -0.25) is 20.3 Å². The minimum Gasteiger partial charge on any atom is -0.348 e. The smallest absolute Gasteiger partial charge is 0.246 e. The van der Waals surface area contributed by atoms with Gasteiger partial charge in [-0.05, 0) is 69.8 Å². The number of nitriles is 1. The summed E-state index contributed by atoms with van der Waals surface area (Å²) in [7, 11) is 2.17. The first-order valence-electron chi connectivity index (χ1n) is 14.7. The van der Waals surface area contributed by atoms with Crippen LogP contribution in [0.15, 0.2) is 35.7 Å². The van der Waals surface area contributed by atoms with Crippen molar-refractivity contribution >= 4 is 17.7 Å². The summed E-state index contributed by atoms with van der Waals surface area (Å²) in [5, 5.41) is 17.1. The van der Waals surface area contributed by atoms with Gasteiger partial charge in [0.25, 0.3) is 0 Å². The maximum Gasteiger partial charge on any atom is 0.246 e. The third-order valence-corrected chi connectivity index (χ3v) is 11.4. The minimum atomic E-state index is -0.289. The maximum atomic E-state index is 14.7. The summed E-state index contributed by atoms with van der Waals surface area (Å²) < 4.78 is 21.2. The molecule has 10 heteroatoms. The van der Waals surface area contributed by atoms with Crippen LogP contribution in [0.5, 0.6) is 0 Å². The van der Waals surface area contributed by atoms with Gasteiger partial charge in [0.05, 0.1) is 31.3 Å². The summed E-state index contributed by atoms with van der Waals surface area (Å²) in [5.74, 6) is 0.135. The second-order valence-electron chi connectivity index (χ2n) is 12.2. The Morgan fingerprint density at radius 3 is 2.92 bits per heavy atom. The zero-order valence-electron chi connectivity index (χ0n) is 23.4. The Labute approximate surface area is 241 Å².